The van der Waals surface area contributed by atoms with Gasteiger partial charge in [0.15, 0.2) is 0 Å². The Kier molecular flexibility index (Phi) is 5.30. The molecule has 98 valence electrons. The summed E-state index contributed by atoms with van der Waals surface area (Å²) in [6.45, 7) is 8.93. The van der Waals surface area contributed by atoms with Gasteiger partial charge in [0, 0.05) is 0 Å². The van der Waals surface area contributed by atoms with Crippen LogP contribution in [0.2, 0.25) is 14.8 Å². The van der Waals surface area contributed by atoms with Gasteiger partial charge in [0.25, 0.3) is 0 Å². The maximum absolute atomic E-state index is 11.7. The van der Waals surface area contributed by atoms with Crippen molar-refractivity contribution in [1.29, 1.82) is 0 Å². The summed E-state index contributed by atoms with van der Waals surface area (Å²) < 4.78 is 1.50. The van der Waals surface area contributed by atoms with Gasteiger partial charge in [0.2, 0.25) is 0 Å². The summed E-state index contributed by atoms with van der Waals surface area (Å²) in [5, 5.41) is 0. The van der Waals surface area contributed by atoms with Crippen LogP contribution < -0.4 is 0 Å². The van der Waals surface area contributed by atoms with Crippen LogP contribution in [-0.2, 0) is 4.79 Å². The molecule has 0 amide bonds. The maximum atomic E-state index is 11.7. The Bertz CT molecular complexity index is 299. The van der Waals surface area contributed by atoms with Gasteiger partial charge in [-0.3, -0.25) is 0 Å². The van der Waals surface area contributed by atoms with E-state index in [0.29, 0.717) is 17.6 Å². The Morgan fingerprint density at radius 2 is 2.00 bits per heavy atom. The summed E-state index contributed by atoms with van der Waals surface area (Å²) in [7, 11) is 0. The zero-order chi connectivity index (χ0) is 13.2. The van der Waals surface area contributed by atoms with Gasteiger partial charge in [0.1, 0.15) is 0 Å². The molecule has 1 aliphatic rings. The number of Topliss-reactive ketones (excluding diaryl/α,β-unsaturated/α-hetero) is 1. The fourth-order valence-corrected chi connectivity index (χ4v) is 5.33. The van der Waals surface area contributed by atoms with Crippen LogP contribution in [0.25, 0.3) is 0 Å². The molecule has 1 aliphatic carbocycles. The Labute approximate surface area is 111 Å². The second kappa shape index (κ2) is 5.90. The van der Waals surface area contributed by atoms with Gasteiger partial charge >= 0.3 is 111 Å². The quantitative estimate of drug-likeness (QED) is 0.690. The third-order valence-corrected chi connectivity index (χ3v) is 10.9. The topological polar surface area (TPSA) is 17.1 Å². The normalized spacial score (nSPS) is 26.4. The van der Waals surface area contributed by atoms with E-state index in [0.717, 1.165) is 31.6 Å². The van der Waals surface area contributed by atoms with E-state index in [4.69, 9.17) is 0 Å². The SMILES string of the molecule is C=[C](C[C@@H]1CC(=O)CC[C@H]1C(C)C)[Sn]([CH3])([CH3])[CH3]. The average molecular weight is 343 g/mol. The van der Waals surface area contributed by atoms with Gasteiger partial charge in [-0.2, -0.15) is 0 Å². The Morgan fingerprint density at radius 3 is 2.47 bits per heavy atom. The minimum atomic E-state index is -1.96. The summed E-state index contributed by atoms with van der Waals surface area (Å²) in [6.07, 6.45) is 3.84. The molecule has 0 aromatic carbocycles. The van der Waals surface area contributed by atoms with E-state index in [9.17, 15) is 4.79 Å². The third kappa shape index (κ3) is 4.42. The van der Waals surface area contributed by atoms with Crippen molar-refractivity contribution in [1.82, 2.24) is 0 Å². The molecule has 1 fully saturated rings. The molecule has 0 unspecified atom stereocenters. The number of rotatable bonds is 4. The van der Waals surface area contributed by atoms with E-state index in [-0.39, 0.29) is 0 Å². The molecule has 0 radical (unpaired) electrons. The van der Waals surface area contributed by atoms with Crippen LogP contribution in [0.3, 0.4) is 0 Å². The standard InChI is InChI=1S/C12H19O.3CH3.Sn/c1-4-5-10-8-11(13)6-7-12(10)9(2)3;;;;/h9-10,12H,1,5-8H2,2-3H3;3*1H3;/t10-,12+;;;;/m1..../s1. The first-order valence-corrected chi connectivity index (χ1v) is 16.9. The van der Waals surface area contributed by atoms with Gasteiger partial charge in [0.05, 0.1) is 0 Å². The summed E-state index contributed by atoms with van der Waals surface area (Å²) >= 11 is -1.96. The Morgan fingerprint density at radius 1 is 1.41 bits per heavy atom. The molecule has 0 aromatic rings. The number of carbonyl (C=O) groups excluding carboxylic acids is 1. The van der Waals surface area contributed by atoms with Crippen LogP contribution in [0.15, 0.2) is 10.2 Å². The molecule has 1 nitrogen and oxygen atoms in total. The molecule has 2 atom stereocenters. The number of allylic oxidation sites excluding steroid dienone is 1. The number of ketones is 1. The molecule has 1 saturated carbocycles. The zero-order valence-electron chi connectivity index (χ0n) is 12.2. The minimum absolute atomic E-state index is 0.476. The van der Waals surface area contributed by atoms with Crippen LogP contribution in [-0.4, -0.2) is 24.2 Å². The van der Waals surface area contributed by atoms with Crippen molar-refractivity contribution in [2.24, 2.45) is 17.8 Å². The fourth-order valence-electron chi connectivity index (χ4n) is 2.83. The Balaban J connectivity index is 2.70. The van der Waals surface area contributed by atoms with E-state index >= 15 is 0 Å². The van der Waals surface area contributed by atoms with Crippen LogP contribution >= 0.6 is 0 Å². The van der Waals surface area contributed by atoms with Crippen molar-refractivity contribution in [3.8, 4) is 0 Å². The average Bonchev–Trinajstić information content (AvgIpc) is 2.15. The monoisotopic (exact) mass is 344 g/mol. The second-order valence-electron chi connectivity index (χ2n) is 7.01. The molecule has 0 aromatic heterocycles. The summed E-state index contributed by atoms with van der Waals surface area (Å²) in [6, 6.07) is 0. The molecule has 0 saturated heterocycles. The zero-order valence-corrected chi connectivity index (χ0v) is 15.0. The van der Waals surface area contributed by atoms with Crippen LogP contribution in [0.1, 0.15) is 39.5 Å². The van der Waals surface area contributed by atoms with Gasteiger partial charge in [-0.1, -0.05) is 0 Å². The molecule has 0 heterocycles. The molecule has 1 rings (SSSR count). The fraction of sp³-hybridized carbons (Fsp3) is 0.800. The van der Waals surface area contributed by atoms with Crippen molar-refractivity contribution >= 4 is 24.2 Å². The van der Waals surface area contributed by atoms with E-state index < -0.39 is 18.4 Å². The first kappa shape index (κ1) is 15.3. The molecule has 0 N–H and O–H groups in total. The predicted octanol–water partition coefficient (Wildman–Crippen LogP) is 4.45. The predicted molar refractivity (Wildman–Crippen MR) is 77.8 cm³/mol. The second-order valence-corrected chi connectivity index (χ2v) is 21.9. The molecular weight excluding hydrogens is 315 g/mol. The first-order valence-electron chi connectivity index (χ1n) is 6.91. The van der Waals surface area contributed by atoms with Crippen LogP contribution in [0, 0.1) is 17.8 Å². The first-order chi connectivity index (χ1) is 7.71. The number of carbonyl (C=O) groups is 1. The molecule has 0 spiro atoms. The third-order valence-electron chi connectivity index (χ3n) is 4.28. The number of hydrogen-bond donors (Lipinski definition) is 0. The van der Waals surface area contributed by atoms with Crippen molar-refractivity contribution in [2.45, 2.75) is 54.3 Å². The van der Waals surface area contributed by atoms with Crippen molar-refractivity contribution in [2.75, 3.05) is 0 Å². The van der Waals surface area contributed by atoms with Crippen molar-refractivity contribution < 1.29 is 4.79 Å². The molecule has 2 heteroatoms. The molecule has 0 aliphatic heterocycles. The van der Waals surface area contributed by atoms with E-state index in [2.05, 4.69) is 35.2 Å². The molecule has 17 heavy (non-hydrogen) atoms. The van der Waals surface area contributed by atoms with Gasteiger partial charge in [-0.15, -0.1) is 0 Å². The van der Waals surface area contributed by atoms with E-state index in [1.54, 1.807) is 0 Å². The summed E-state index contributed by atoms with van der Waals surface area (Å²) in [5.41, 5.74) is 0. The Hall–Kier alpha value is 0.209. The summed E-state index contributed by atoms with van der Waals surface area (Å²) in [5.74, 6) is 2.50. The molecule has 0 bridgehead atoms. The van der Waals surface area contributed by atoms with E-state index in [1.165, 1.54) is 3.59 Å². The molecular formula is C15H28OSn. The van der Waals surface area contributed by atoms with Crippen LogP contribution in [0.5, 0.6) is 0 Å². The van der Waals surface area contributed by atoms with Gasteiger partial charge < -0.3 is 0 Å². The van der Waals surface area contributed by atoms with Crippen molar-refractivity contribution in [3.63, 3.8) is 0 Å². The number of hydrogen-bond acceptors (Lipinski definition) is 1. The van der Waals surface area contributed by atoms with Gasteiger partial charge in [-0.25, -0.2) is 0 Å². The van der Waals surface area contributed by atoms with Crippen LogP contribution in [0.4, 0.5) is 0 Å². The van der Waals surface area contributed by atoms with Crippen molar-refractivity contribution in [3.05, 3.63) is 10.2 Å². The summed E-state index contributed by atoms with van der Waals surface area (Å²) in [4.78, 5) is 18.9. The van der Waals surface area contributed by atoms with Gasteiger partial charge in [-0.05, 0) is 0 Å². The van der Waals surface area contributed by atoms with E-state index in [1.807, 2.05) is 0 Å².